The van der Waals surface area contributed by atoms with E-state index < -0.39 is 39.8 Å². The van der Waals surface area contributed by atoms with Gasteiger partial charge in [0.1, 0.15) is 9.90 Å². The van der Waals surface area contributed by atoms with Gasteiger partial charge in [0.15, 0.2) is 0 Å². The average Bonchev–Trinajstić information content (AvgIpc) is 3.16. The number of carbonyl (C=O) groups is 4. The van der Waals surface area contributed by atoms with Gasteiger partial charge in [-0.15, -0.1) is 11.3 Å². The number of aromatic carboxylic acids is 1. The van der Waals surface area contributed by atoms with Crippen LogP contribution in [0.1, 0.15) is 31.2 Å². The Kier molecular flexibility index (Phi) is 5.03. The van der Waals surface area contributed by atoms with Crippen LogP contribution in [0.25, 0.3) is 0 Å². The minimum Gasteiger partial charge on any atom is -0.478 e. The van der Waals surface area contributed by atoms with Gasteiger partial charge in [-0.05, 0) is 24.1 Å². The number of hydrogen-bond acceptors (Lipinski definition) is 8. The first-order valence-corrected chi connectivity index (χ1v) is 11.2. The van der Waals surface area contributed by atoms with E-state index in [1.54, 1.807) is 6.07 Å². The summed E-state index contributed by atoms with van der Waals surface area (Å²) in [5, 5.41) is 23.4. The third kappa shape index (κ3) is 3.45. The predicted molar refractivity (Wildman–Crippen MR) is 107 cm³/mol. The van der Waals surface area contributed by atoms with Crippen molar-refractivity contribution in [3.05, 3.63) is 45.8 Å². The molecule has 2 aliphatic heterocycles. The number of rotatable bonds is 4. The number of aliphatic carboxylic acids is 1. The number of anilines is 1. The molecule has 31 heavy (non-hydrogen) atoms. The molecule has 1 unspecified atom stereocenters. The second-order valence-electron chi connectivity index (χ2n) is 6.89. The number of nitrogens with zero attached hydrogens (tertiary/aromatic N) is 1. The summed E-state index contributed by atoms with van der Waals surface area (Å²) in [4.78, 5) is 47.2. The van der Waals surface area contributed by atoms with Gasteiger partial charge in [-0.1, -0.05) is 12.1 Å². The molecule has 0 radical (unpaired) electrons. The van der Waals surface area contributed by atoms with Crippen LogP contribution in [0, 0.1) is 0 Å². The first-order valence-electron chi connectivity index (χ1n) is 8.93. The van der Waals surface area contributed by atoms with Crippen LogP contribution in [0.2, 0.25) is 0 Å². The highest BCUT2D eigenvalue weighted by atomic mass is 32.2. The van der Waals surface area contributed by atoms with E-state index in [0.29, 0.717) is 10.4 Å². The maximum absolute atomic E-state index is 12.8. The summed E-state index contributed by atoms with van der Waals surface area (Å²) >= 11 is 0.934. The van der Waals surface area contributed by atoms with Crippen LogP contribution in [0.15, 0.2) is 29.2 Å². The lowest BCUT2D eigenvalue weighted by molar-refractivity contribution is -0.147. The van der Waals surface area contributed by atoms with Crippen molar-refractivity contribution < 1.29 is 37.8 Å². The Hall–Kier alpha value is -3.29. The molecule has 1 aromatic carbocycles. The van der Waals surface area contributed by atoms with Crippen LogP contribution >= 0.6 is 11.3 Å². The highest BCUT2D eigenvalue weighted by molar-refractivity contribution is 7.90. The highest BCUT2D eigenvalue weighted by Crippen LogP contribution is 2.37. The Morgan fingerprint density at radius 2 is 1.94 bits per heavy atom. The molecule has 13 heteroatoms. The number of benzene rings is 1. The first kappa shape index (κ1) is 21.0. The zero-order valence-corrected chi connectivity index (χ0v) is 17.2. The lowest BCUT2D eigenvalue weighted by Crippen LogP contribution is -2.46. The second-order valence-corrected chi connectivity index (χ2v) is 9.83. The van der Waals surface area contributed by atoms with Gasteiger partial charge in [0.25, 0.3) is 15.9 Å². The van der Waals surface area contributed by atoms with Crippen LogP contribution in [0.4, 0.5) is 5.00 Å². The molecule has 3 heterocycles. The summed E-state index contributed by atoms with van der Waals surface area (Å²) in [6, 6.07) is 5.30. The number of carboxylic acids is 2. The summed E-state index contributed by atoms with van der Waals surface area (Å²) in [5.41, 5.74) is 0.211. The molecule has 0 aliphatic carbocycles. The van der Waals surface area contributed by atoms with Gasteiger partial charge in [0, 0.05) is 17.5 Å². The van der Waals surface area contributed by atoms with Gasteiger partial charge < -0.3 is 20.8 Å². The maximum Gasteiger partial charge on any atom is 0.394 e. The van der Waals surface area contributed by atoms with Crippen LogP contribution in [0.5, 0.6) is 0 Å². The molecule has 1 aromatic heterocycles. The fraction of sp³-hybridized carbons (Fsp3) is 0.222. The molecule has 2 aromatic rings. The van der Waals surface area contributed by atoms with Crippen LogP contribution in [0.3, 0.4) is 0 Å². The Labute approximate surface area is 179 Å². The summed E-state index contributed by atoms with van der Waals surface area (Å²) < 4.78 is 26.3. The third-order valence-electron chi connectivity index (χ3n) is 5.03. The Morgan fingerprint density at radius 1 is 1.23 bits per heavy atom. The molecular weight excluding hydrogens is 450 g/mol. The molecule has 162 valence electrons. The molecule has 0 spiro atoms. The van der Waals surface area contributed by atoms with Crippen molar-refractivity contribution in [3.63, 3.8) is 0 Å². The minimum atomic E-state index is -4.01. The average molecular weight is 465 g/mol. The summed E-state index contributed by atoms with van der Waals surface area (Å²) in [7, 11) is -4.01. The van der Waals surface area contributed by atoms with E-state index in [-0.39, 0.29) is 40.5 Å². The van der Waals surface area contributed by atoms with Crippen LogP contribution in [-0.2, 0) is 32.6 Å². The van der Waals surface area contributed by atoms with E-state index in [9.17, 15) is 32.7 Å². The van der Waals surface area contributed by atoms with Crippen molar-refractivity contribution in [1.29, 1.82) is 0 Å². The molecule has 4 rings (SSSR count). The molecule has 0 fully saturated rings. The fourth-order valence-corrected chi connectivity index (χ4v) is 6.42. The number of nitrogens with one attached hydrogen (secondary N) is 2. The molecule has 0 saturated carbocycles. The summed E-state index contributed by atoms with van der Waals surface area (Å²) in [5.74, 6) is -5.12. The lowest BCUT2D eigenvalue weighted by atomic mass is 9.98. The SMILES string of the molecule is O=C(O)C(=O)Nc1sc2c(c1C(=O)O)CC(CN1C(=O)c3ccccc3S1(=O)=O)NC2. The number of thiophene rings is 1. The monoisotopic (exact) mass is 465 g/mol. The standard InChI is InChI=1S/C18H15N3O8S2/c22-14(18(26)27)20-15-13(17(24)25)10-5-8(19-6-11(10)30-15)7-21-16(23)9-3-1-2-4-12(9)31(21,28)29/h1-4,8,19H,5-7H2,(H,20,22)(H,24,25)(H,26,27). The predicted octanol–water partition coefficient (Wildman–Crippen LogP) is 0.328. The van der Waals surface area contributed by atoms with E-state index in [2.05, 4.69) is 10.6 Å². The van der Waals surface area contributed by atoms with Crippen LogP contribution < -0.4 is 10.6 Å². The largest absolute Gasteiger partial charge is 0.478 e. The molecule has 11 nitrogen and oxygen atoms in total. The van der Waals surface area contributed by atoms with E-state index in [1.165, 1.54) is 18.2 Å². The molecule has 0 saturated heterocycles. The Morgan fingerprint density at radius 3 is 2.58 bits per heavy atom. The van der Waals surface area contributed by atoms with E-state index in [4.69, 9.17) is 5.11 Å². The number of amides is 2. The number of hydrogen-bond donors (Lipinski definition) is 4. The maximum atomic E-state index is 12.8. The van der Waals surface area contributed by atoms with Crippen molar-refractivity contribution in [2.24, 2.45) is 0 Å². The van der Waals surface area contributed by atoms with Gasteiger partial charge in [-0.3, -0.25) is 9.59 Å². The third-order valence-corrected chi connectivity index (χ3v) is 7.98. The fourth-order valence-electron chi connectivity index (χ4n) is 3.64. The molecule has 0 bridgehead atoms. The van der Waals surface area contributed by atoms with E-state index >= 15 is 0 Å². The normalized spacial score (nSPS) is 18.9. The van der Waals surface area contributed by atoms with Crippen molar-refractivity contribution in [3.8, 4) is 0 Å². The van der Waals surface area contributed by atoms with E-state index in [1.807, 2.05) is 0 Å². The summed E-state index contributed by atoms with van der Waals surface area (Å²) in [6.07, 6.45) is 0.0755. The zero-order valence-electron chi connectivity index (χ0n) is 15.6. The number of carbonyl (C=O) groups excluding carboxylic acids is 2. The minimum absolute atomic E-state index is 0.0723. The van der Waals surface area contributed by atoms with Crippen molar-refractivity contribution in [2.45, 2.75) is 23.9 Å². The topological polar surface area (TPSA) is 170 Å². The van der Waals surface area contributed by atoms with Gasteiger partial charge in [0.2, 0.25) is 0 Å². The first-order chi connectivity index (χ1) is 14.6. The molecular formula is C18H15N3O8S2. The molecule has 1 atom stereocenters. The second kappa shape index (κ2) is 7.44. The van der Waals surface area contributed by atoms with Crippen molar-refractivity contribution in [2.75, 3.05) is 11.9 Å². The summed E-state index contributed by atoms with van der Waals surface area (Å²) in [6.45, 7) is -0.0378. The smallest absolute Gasteiger partial charge is 0.394 e. The Balaban J connectivity index is 1.61. The van der Waals surface area contributed by atoms with Gasteiger partial charge >= 0.3 is 17.8 Å². The quantitative estimate of drug-likeness (QED) is 0.465. The molecule has 2 aliphatic rings. The Bertz CT molecular complexity index is 1250. The van der Waals surface area contributed by atoms with Gasteiger partial charge in [0.05, 0.1) is 17.7 Å². The zero-order chi connectivity index (χ0) is 22.5. The van der Waals surface area contributed by atoms with Gasteiger partial charge in [-0.2, -0.15) is 0 Å². The number of sulfonamides is 1. The number of carboxylic acid groups (broad SMARTS) is 2. The lowest BCUT2D eigenvalue weighted by Gasteiger charge is -2.27. The van der Waals surface area contributed by atoms with Gasteiger partial charge in [-0.25, -0.2) is 22.3 Å². The molecule has 2 amide bonds. The van der Waals surface area contributed by atoms with Crippen molar-refractivity contribution in [1.82, 2.24) is 9.62 Å². The van der Waals surface area contributed by atoms with Crippen LogP contribution in [-0.4, -0.2) is 59.3 Å². The molecule has 4 N–H and O–H groups in total. The van der Waals surface area contributed by atoms with Crippen molar-refractivity contribution >= 4 is 50.1 Å². The highest BCUT2D eigenvalue weighted by Gasteiger charge is 2.42. The van der Waals surface area contributed by atoms with E-state index in [0.717, 1.165) is 15.6 Å². The number of fused-ring (bicyclic) bond motifs is 2.